The van der Waals surface area contributed by atoms with Crippen LogP contribution in [0.3, 0.4) is 0 Å². The minimum atomic E-state index is -1.01. The summed E-state index contributed by atoms with van der Waals surface area (Å²) in [6.07, 6.45) is 21.7. The molecule has 0 rings (SSSR count). The number of carbonyl (C=O) groups is 5. The summed E-state index contributed by atoms with van der Waals surface area (Å²) in [5.74, 6) is -0.848. The first-order valence-corrected chi connectivity index (χ1v) is 22.0. The van der Waals surface area contributed by atoms with Gasteiger partial charge in [-0.25, -0.2) is 4.79 Å². The molecule has 53 heavy (non-hydrogen) atoms. The smallest absolute Gasteiger partial charge is 0.397 e. The van der Waals surface area contributed by atoms with Crippen molar-refractivity contribution < 1.29 is 28.7 Å². The summed E-state index contributed by atoms with van der Waals surface area (Å²) < 4.78 is 4.96. The number of thioether (sulfide) groups is 1. The topological polar surface area (TPSA) is 167 Å². The Morgan fingerprint density at radius 1 is 0.566 bits per heavy atom. The highest BCUT2D eigenvalue weighted by Gasteiger charge is 2.23. The Bertz CT molecular complexity index is 964. The maximum atomic E-state index is 12.9. The summed E-state index contributed by atoms with van der Waals surface area (Å²) in [6, 6.07) is -0.490. The van der Waals surface area contributed by atoms with Crippen molar-refractivity contribution in [3.63, 3.8) is 0 Å². The third-order valence-corrected chi connectivity index (χ3v) is 9.69. The van der Waals surface area contributed by atoms with E-state index in [4.69, 9.17) is 4.74 Å². The molecule has 6 N–H and O–H groups in total. The molecule has 0 aliphatic rings. The van der Waals surface area contributed by atoms with Crippen LogP contribution in [0.25, 0.3) is 0 Å². The summed E-state index contributed by atoms with van der Waals surface area (Å²) in [6.45, 7) is 13.5. The lowest BCUT2D eigenvalue weighted by molar-refractivity contribution is -0.163. The normalized spacial score (nSPS) is 11.9. The highest BCUT2D eigenvalue weighted by atomic mass is 32.2. The largest absolute Gasteiger partial charge is 0.453 e. The van der Waals surface area contributed by atoms with Crippen LogP contribution in [0.15, 0.2) is 0 Å². The van der Waals surface area contributed by atoms with Gasteiger partial charge in [0.05, 0.1) is 6.54 Å². The van der Waals surface area contributed by atoms with E-state index < -0.39 is 23.5 Å². The number of ether oxygens (including phenoxy) is 1. The molecule has 0 aromatic carbocycles. The minimum Gasteiger partial charge on any atom is -0.453 e. The quantitative estimate of drug-likeness (QED) is 0.0276. The van der Waals surface area contributed by atoms with Gasteiger partial charge in [0.25, 0.3) is 0 Å². The van der Waals surface area contributed by atoms with Gasteiger partial charge in [-0.3, -0.25) is 19.2 Å². The molecular weight excluding hydrogens is 693 g/mol. The Morgan fingerprint density at radius 2 is 1.08 bits per heavy atom. The molecule has 13 heteroatoms. The van der Waals surface area contributed by atoms with Crippen molar-refractivity contribution in [3.8, 4) is 0 Å². The van der Waals surface area contributed by atoms with E-state index in [1.54, 1.807) is 32.5 Å². The van der Waals surface area contributed by atoms with Gasteiger partial charge in [-0.15, -0.1) is 0 Å². The number of hydrogen-bond acceptors (Lipinski definition) is 9. The van der Waals surface area contributed by atoms with E-state index in [2.05, 4.69) is 45.7 Å². The van der Waals surface area contributed by atoms with E-state index in [0.717, 1.165) is 76.9 Å². The fourth-order valence-corrected chi connectivity index (χ4v) is 6.38. The van der Waals surface area contributed by atoms with Crippen LogP contribution in [-0.4, -0.2) is 98.6 Å². The molecule has 0 heterocycles. The minimum absolute atomic E-state index is 0.0201. The van der Waals surface area contributed by atoms with Gasteiger partial charge in [0, 0.05) is 25.3 Å². The molecule has 0 aliphatic heterocycles. The first-order valence-electron chi connectivity index (χ1n) is 20.8. The number of esters is 1. The van der Waals surface area contributed by atoms with Crippen molar-refractivity contribution in [1.29, 1.82) is 0 Å². The standard InChI is InChI=1S/C40H78N6O6S/c1-6-8-9-10-11-12-13-14-15-16-17-18-19-24-35(47)46-34(33-53-31-7-2)37(49)44-30-23-28-42-26-21-20-25-41-27-22-29-43-36(48)32-45-38(50)39(51)52-40(3,4)5/h34,41-42H,6-33H2,1-5H3,(H,43,48)(H,44,49)(H,45,50)(H,46,47). The Morgan fingerprint density at radius 3 is 1.60 bits per heavy atom. The number of amides is 4. The van der Waals surface area contributed by atoms with Crippen molar-refractivity contribution in [1.82, 2.24) is 31.9 Å². The summed E-state index contributed by atoms with van der Waals surface area (Å²) >= 11 is 1.71. The van der Waals surface area contributed by atoms with E-state index in [-0.39, 0.29) is 24.3 Å². The van der Waals surface area contributed by atoms with Gasteiger partial charge in [-0.05, 0) is 91.2 Å². The second-order valence-corrected chi connectivity index (χ2v) is 16.1. The highest BCUT2D eigenvalue weighted by molar-refractivity contribution is 7.99. The van der Waals surface area contributed by atoms with Gasteiger partial charge in [0.2, 0.25) is 17.7 Å². The van der Waals surface area contributed by atoms with Crippen molar-refractivity contribution in [3.05, 3.63) is 0 Å². The molecule has 12 nitrogen and oxygen atoms in total. The number of hydrogen-bond donors (Lipinski definition) is 6. The molecule has 1 atom stereocenters. The first kappa shape index (κ1) is 50.6. The second-order valence-electron chi connectivity index (χ2n) is 14.9. The lowest BCUT2D eigenvalue weighted by atomic mass is 10.0. The average molecular weight is 771 g/mol. The average Bonchev–Trinajstić information content (AvgIpc) is 3.11. The molecule has 310 valence electrons. The van der Waals surface area contributed by atoms with Crippen LogP contribution in [0.4, 0.5) is 0 Å². The Kier molecular flexibility index (Phi) is 33.7. The van der Waals surface area contributed by atoms with Crippen LogP contribution in [0.5, 0.6) is 0 Å². The van der Waals surface area contributed by atoms with Gasteiger partial charge in [0.15, 0.2) is 0 Å². The second kappa shape index (κ2) is 35.3. The zero-order valence-corrected chi connectivity index (χ0v) is 35.1. The third-order valence-electron chi connectivity index (χ3n) is 8.43. The molecule has 0 saturated carbocycles. The van der Waals surface area contributed by atoms with Gasteiger partial charge in [0.1, 0.15) is 11.6 Å². The monoisotopic (exact) mass is 771 g/mol. The van der Waals surface area contributed by atoms with Crippen molar-refractivity contribution in [2.45, 2.75) is 168 Å². The third kappa shape index (κ3) is 35.1. The van der Waals surface area contributed by atoms with Crippen molar-refractivity contribution in [2.75, 3.05) is 57.3 Å². The maximum Gasteiger partial charge on any atom is 0.397 e. The van der Waals surface area contributed by atoms with Crippen molar-refractivity contribution >= 4 is 41.4 Å². The lowest BCUT2D eigenvalue weighted by Crippen LogP contribution is -2.48. The lowest BCUT2D eigenvalue weighted by Gasteiger charge is -2.18. The van der Waals surface area contributed by atoms with Gasteiger partial charge in [-0.2, -0.15) is 11.8 Å². The predicted molar refractivity (Wildman–Crippen MR) is 219 cm³/mol. The molecule has 4 amide bonds. The van der Waals surface area contributed by atoms with Crippen LogP contribution >= 0.6 is 11.8 Å². The number of carbonyl (C=O) groups excluding carboxylic acids is 5. The summed E-state index contributed by atoms with van der Waals surface area (Å²) in [5.41, 5.74) is -0.772. The maximum absolute atomic E-state index is 12.9. The van der Waals surface area contributed by atoms with Crippen LogP contribution < -0.4 is 31.9 Å². The van der Waals surface area contributed by atoms with E-state index in [9.17, 15) is 24.0 Å². The van der Waals surface area contributed by atoms with E-state index >= 15 is 0 Å². The van der Waals surface area contributed by atoms with Gasteiger partial charge in [-0.1, -0.05) is 90.9 Å². The molecule has 0 saturated heterocycles. The fraction of sp³-hybridized carbons (Fsp3) is 0.875. The molecule has 0 fully saturated rings. The first-order chi connectivity index (χ1) is 25.5. The van der Waals surface area contributed by atoms with E-state index in [1.807, 2.05) is 0 Å². The Hall–Kier alpha value is -2.38. The van der Waals surface area contributed by atoms with Crippen molar-refractivity contribution in [2.24, 2.45) is 0 Å². The molecule has 0 aliphatic carbocycles. The number of rotatable bonds is 35. The summed E-state index contributed by atoms with van der Waals surface area (Å²) in [4.78, 5) is 60.7. The molecule has 1 unspecified atom stereocenters. The Labute approximate surface area is 326 Å². The van der Waals surface area contributed by atoms with E-state index in [0.29, 0.717) is 25.3 Å². The molecule has 0 radical (unpaired) electrons. The molecule has 0 aromatic rings. The van der Waals surface area contributed by atoms with Crippen LogP contribution in [0.2, 0.25) is 0 Å². The molecular formula is C40H78N6O6S. The summed E-state index contributed by atoms with van der Waals surface area (Å²) in [7, 11) is 0. The fourth-order valence-electron chi connectivity index (χ4n) is 5.46. The zero-order chi connectivity index (χ0) is 39.4. The molecule has 0 bridgehead atoms. The predicted octanol–water partition coefficient (Wildman–Crippen LogP) is 5.53. The highest BCUT2D eigenvalue weighted by Crippen LogP contribution is 2.13. The summed E-state index contributed by atoms with van der Waals surface area (Å²) in [5, 5.41) is 17.8. The van der Waals surface area contributed by atoms with Crippen LogP contribution in [0.1, 0.15) is 157 Å². The van der Waals surface area contributed by atoms with Gasteiger partial charge < -0.3 is 36.6 Å². The van der Waals surface area contributed by atoms with E-state index in [1.165, 1.54) is 70.6 Å². The zero-order valence-electron chi connectivity index (χ0n) is 34.2. The van der Waals surface area contributed by atoms with Gasteiger partial charge >= 0.3 is 11.9 Å². The molecule has 0 aromatic heterocycles. The SMILES string of the molecule is CCCCCCCCCCCCCCCC(=O)NC(CSCCC)C(=O)NCCCNCCCCNCCCNC(=O)CNC(=O)C(=O)OC(C)(C)C. The van der Waals surface area contributed by atoms with Crippen LogP contribution in [-0.2, 0) is 28.7 Å². The number of unbranched alkanes of at least 4 members (excludes halogenated alkanes) is 13. The van der Waals surface area contributed by atoms with Crippen LogP contribution in [0, 0.1) is 0 Å². The molecule has 0 spiro atoms. The Balaban J connectivity index is 3.85. The number of nitrogens with one attached hydrogen (secondary N) is 6.